The zero-order valence-corrected chi connectivity index (χ0v) is 28.6. The van der Waals surface area contributed by atoms with Crippen LogP contribution in [0, 0.1) is 0 Å². The van der Waals surface area contributed by atoms with E-state index in [-0.39, 0.29) is 29.5 Å². The van der Waals surface area contributed by atoms with Crippen LogP contribution in [0.5, 0.6) is 0 Å². The van der Waals surface area contributed by atoms with Crippen molar-refractivity contribution in [1.82, 2.24) is 9.22 Å². The molecule has 2 aromatic heterocycles. The Morgan fingerprint density at radius 2 is 1.26 bits per heavy atom. The molecule has 3 aromatic carbocycles. The molecule has 1 aliphatic heterocycles. The highest BCUT2D eigenvalue weighted by atomic mass is 28.3. The second-order valence-corrected chi connectivity index (χ2v) is 18.9. The number of hydrogen-bond donors (Lipinski definition) is 0. The summed E-state index contributed by atoms with van der Waals surface area (Å²) in [6, 6.07) is 35.0. The smallest absolute Gasteiger partial charge is 0.163 e. The van der Waals surface area contributed by atoms with Crippen LogP contribution in [-0.4, -0.2) is 42.4 Å². The Hall–Kier alpha value is -3.59. The van der Waals surface area contributed by atoms with E-state index in [2.05, 4.69) is 86.8 Å². The first-order valence-corrected chi connectivity index (χ1v) is 19.2. The first-order valence-electron chi connectivity index (χ1n) is 16.3. The van der Waals surface area contributed by atoms with Crippen LogP contribution >= 0.6 is 0 Å². The van der Waals surface area contributed by atoms with E-state index in [0.717, 1.165) is 33.3 Å². The van der Waals surface area contributed by atoms with E-state index in [0.29, 0.717) is 26.4 Å². The molecule has 0 amide bonds. The Balaban J connectivity index is 1.37. The van der Waals surface area contributed by atoms with Gasteiger partial charge in [0.15, 0.2) is 8.24 Å². The summed E-state index contributed by atoms with van der Waals surface area (Å²) in [6.45, 7) is 13.6. The zero-order chi connectivity index (χ0) is 32.1. The third-order valence-corrected chi connectivity index (χ3v) is 14.8. The van der Waals surface area contributed by atoms with Crippen LogP contribution < -0.4 is 0 Å². The van der Waals surface area contributed by atoms with Crippen LogP contribution in [0.15, 0.2) is 116 Å². The molecule has 0 saturated carbocycles. The predicted octanol–water partition coefficient (Wildman–Crippen LogP) is 8.72. The van der Waals surface area contributed by atoms with E-state index >= 15 is 0 Å². The van der Waals surface area contributed by atoms with Crippen LogP contribution in [0.3, 0.4) is 0 Å². The van der Waals surface area contributed by atoms with Crippen LogP contribution in [-0.2, 0) is 38.8 Å². The lowest BCUT2D eigenvalue weighted by atomic mass is 10.0. The van der Waals surface area contributed by atoms with E-state index in [1.54, 1.807) is 0 Å². The Labute approximate surface area is 274 Å². The van der Waals surface area contributed by atoms with Gasteiger partial charge in [-0.1, -0.05) is 125 Å². The SMILES string of the molecule is CC(C)(C)[Si](C)(C)n1cc(C2O[C@H](COCc3ccccc3)[C@@H](OCc3ccccc3)[C@H]2OCc2ccccc2)c2cccnc21. The highest BCUT2D eigenvalue weighted by molar-refractivity contribution is 6.79. The molecule has 1 fully saturated rings. The van der Waals surface area contributed by atoms with Gasteiger partial charge < -0.3 is 23.2 Å². The minimum atomic E-state index is -2.02. The number of aromatic nitrogens is 2. The number of hydrogen-bond acceptors (Lipinski definition) is 5. The van der Waals surface area contributed by atoms with Gasteiger partial charge in [-0.3, -0.25) is 0 Å². The van der Waals surface area contributed by atoms with Gasteiger partial charge in [0.05, 0.1) is 26.4 Å². The second-order valence-electron chi connectivity index (χ2n) is 13.8. The third kappa shape index (κ3) is 7.04. The van der Waals surface area contributed by atoms with E-state index in [9.17, 15) is 0 Å². The van der Waals surface area contributed by atoms with E-state index in [1.165, 1.54) is 0 Å². The van der Waals surface area contributed by atoms with Crippen molar-refractivity contribution in [2.24, 2.45) is 0 Å². The summed E-state index contributed by atoms with van der Waals surface area (Å²) in [4.78, 5) is 4.91. The molecule has 0 spiro atoms. The Morgan fingerprint density at radius 3 is 1.83 bits per heavy atom. The fourth-order valence-corrected chi connectivity index (χ4v) is 7.89. The summed E-state index contributed by atoms with van der Waals surface area (Å²) >= 11 is 0. The van der Waals surface area contributed by atoms with Crippen molar-refractivity contribution >= 4 is 19.3 Å². The summed E-state index contributed by atoms with van der Waals surface area (Å²) in [5.41, 5.74) is 5.43. The lowest BCUT2D eigenvalue weighted by Gasteiger charge is -2.38. The molecule has 1 saturated heterocycles. The number of rotatable bonds is 12. The molecule has 4 atom stereocenters. The molecule has 6 nitrogen and oxygen atoms in total. The molecule has 1 unspecified atom stereocenters. The van der Waals surface area contributed by atoms with Crippen molar-refractivity contribution in [1.29, 1.82) is 0 Å². The first kappa shape index (κ1) is 32.4. The molecule has 1 aliphatic rings. The van der Waals surface area contributed by atoms with Gasteiger partial charge in [-0.05, 0) is 33.9 Å². The summed E-state index contributed by atoms with van der Waals surface area (Å²) in [5.74, 6) is 0. The third-order valence-electron chi connectivity index (χ3n) is 9.61. The quantitative estimate of drug-likeness (QED) is 0.129. The lowest BCUT2D eigenvalue weighted by Crippen LogP contribution is -2.45. The summed E-state index contributed by atoms with van der Waals surface area (Å²) in [6.07, 6.45) is 2.76. The molecule has 0 N–H and O–H groups in total. The molecule has 6 rings (SSSR count). The molecule has 7 heteroatoms. The molecule has 240 valence electrons. The molecule has 0 bridgehead atoms. The maximum absolute atomic E-state index is 7.01. The highest BCUT2D eigenvalue weighted by Gasteiger charge is 2.49. The van der Waals surface area contributed by atoms with Crippen LogP contribution in [0.25, 0.3) is 11.0 Å². The minimum absolute atomic E-state index is 0.114. The molecule has 0 radical (unpaired) electrons. The zero-order valence-electron chi connectivity index (χ0n) is 27.6. The second kappa shape index (κ2) is 14.0. The molecule has 46 heavy (non-hydrogen) atoms. The minimum Gasteiger partial charge on any atom is -0.374 e. The molecular weight excluding hydrogens is 589 g/mol. The maximum Gasteiger partial charge on any atom is 0.163 e. The molecule has 0 aliphatic carbocycles. The van der Waals surface area contributed by atoms with E-state index < -0.39 is 8.24 Å². The Bertz CT molecular complexity index is 1690. The van der Waals surface area contributed by atoms with Crippen LogP contribution in [0.1, 0.15) is 49.1 Å². The van der Waals surface area contributed by atoms with Gasteiger partial charge in [0.1, 0.15) is 30.1 Å². The highest BCUT2D eigenvalue weighted by Crippen LogP contribution is 2.44. The monoisotopic (exact) mass is 634 g/mol. The Morgan fingerprint density at radius 1 is 0.717 bits per heavy atom. The summed E-state index contributed by atoms with van der Waals surface area (Å²) < 4.78 is 29.4. The average Bonchev–Trinajstić information content (AvgIpc) is 3.62. The number of pyridine rings is 1. The standard InChI is InChI=1S/C39H46N2O4Si/c1-39(2,3)46(4,5)41-24-33(32-22-15-23-40-38(32)41)35-37(44-27-31-20-13-8-14-21-31)36(43-26-30-18-11-7-12-19-30)34(45-35)28-42-25-29-16-9-6-10-17-29/h6-24,34-37H,25-28H2,1-5H3/t34-,35?,36-,37+/m1/s1. The molecule has 5 aromatic rings. The Kier molecular flexibility index (Phi) is 9.87. The molecular formula is C39H46N2O4Si. The van der Waals surface area contributed by atoms with Gasteiger partial charge in [-0.15, -0.1) is 0 Å². The first-order chi connectivity index (χ1) is 22.2. The largest absolute Gasteiger partial charge is 0.374 e. The van der Waals surface area contributed by atoms with Gasteiger partial charge in [0, 0.05) is 23.3 Å². The summed E-state index contributed by atoms with van der Waals surface area (Å²) in [7, 11) is -2.02. The van der Waals surface area contributed by atoms with Crippen molar-refractivity contribution in [3.63, 3.8) is 0 Å². The van der Waals surface area contributed by atoms with Gasteiger partial charge in [0.2, 0.25) is 0 Å². The van der Waals surface area contributed by atoms with Crippen molar-refractivity contribution < 1.29 is 18.9 Å². The fourth-order valence-electron chi connectivity index (χ4n) is 5.99. The predicted molar refractivity (Wildman–Crippen MR) is 186 cm³/mol. The van der Waals surface area contributed by atoms with E-state index in [4.69, 9.17) is 23.9 Å². The van der Waals surface area contributed by atoms with Crippen LogP contribution in [0.2, 0.25) is 18.1 Å². The lowest BCUT2D eigenvalue weighted by molar-refractivity contribution is -0.0898. The number of benzene rings is 3. The number of ether oxygens (including phenoxy) is 4. The van der Waals surface area contributed by atoms with Gasteiger partial charge in [0.25, 0.3) is 0 Å². The summed E-state index contributed by atoms with van der Waals surface area (Å²) in [5, 5.41) is 1.21. The van der Waals surface area contributed by atoms with Gasteiger partial charge >= 0.3 is 0 Å². The molecule has 3 heterocycles. The fraction of sp³-hybridized carbons (Fsp3) is 0.359. The van der Waals surface area contributed by atoms with Crippen LogP contribution in [0.4, 0.5) is 0 Å². The maximum atomic E-state index is 7.01. The van der Waals surface area contributed by atoms with Crippen molar-refractivity contribution in [2.45, 2.75) is 83.1 Å². The normalized spacial score (nSPS) is 20.4. The van der Waals surface area contributed by atoms with Crippen molar-refractivity contribution in [3.05, 3.63) is 138 Å². The van der Waals surface area contributed by atoms with Gasteiger partial charge in [-0.25, -0.2) is 4.98 Å². The van der Waals surface area contributed by atoms with Crippen molar-refractivity contribution in [2.75, 3.05) is 6.61 Å². The average molecular weight is 635 g/mol. The van der Waals surface area contributed by atoms with Crippen molar-refractivity contribution in [3.8, 4) is 0 Å². The van der Waals surface area contributed by atoms with Gasteiger partial charge in [-0.2, -0.15) is 0 Å². The topological polar surface area (TPSA) is 54.7 Å². The van der Waals surface area contributed by atoms with E-state index in [1.807, 2.05) is 66.9 Å². The number of nitrogens with zero attached hydrogens (tertiary/aromatic N) is 2. The number of fused-ring (bicyclic) bond motifs is 1.